The third-order valence-electron chi connectivity index (χ3n) is 5.15. The summed E-state index contributed by atoms with van der Waals surface area (Å²) in [5, 5.41) is 15.0. The van der Waals surface area contributed by atoms with Crippen LogP contribution in [0, 0.1) is 5.41 Å². The van der Waals surface area contributed by atoms with Gasteiger partial charge in [-0.25, -0.2) is 0 Å². The number of likely N-dealkylation sites (tertiary alicyclic amines) is 1. The molecule has 1 saturated heterocycles. The van der Waals surface area contributed by atoms with Crippen molar-refractivity contribution in [1.82, 2.24) is 19.6 Å². The third kappa shape index (κ3) is 3.75. The first-order valence-electron chi connectivity index (χ1n) is 8.57. The van der Waals surface area contributed by atoms with Crippen molar-refractivity contribution in [3.05, 3.63) is 18.5 Å². The minimum Gasteiger partial charge on any atom is -0.388 e. The van der Waals surface area contributed by atoms with Crippen LogP contribution in [0.25, 0.3) is 0 Å². The SMILES string of the molecule is CN(C)C[C@]1(O)CCCN(C(=O)C2(Cn3cccn3)CC2)CC1. The summed E-state index contributed by atoms with van der Waals surface area (Å²) in [7, 11) is 3.96. The van der Waals surface area contributed by atoms with Crippen LogP contribution in [0.1, 0.15) is 32.1 Å². The lowest BCUT2D eigenvalue weighted by Gasteiger charge is -2.30. The predicted octanol–water partition coefficient (Wildman–Crippen LogP) is 0.968. The van der Waals surface area contributed by atoms with Gasteiger partial charge in [-0.15, -0.1) is 0 Å². The van der Waals surface area contributed by atoms with Crippen molar-refractivity contribution >= 4 is 5.91 Å². The Labute approximate surface area is 138 Å². The summed E-state index contributed by atoms with van der Waals surface area (Å²) in [6, 6.07) is 1.90. The van der Waals surface area contributed by atoms with E-state index in [1.165, 1.54) is 0 Å². The molecule has 1 atom stereocenters. The molecular weight excluding hydrogens is 292 g/mol. The van der Waals surface area contributed by atoms with Gasteiger partial charge in [0.25, 0.3) is 0 Å². The number of carbonyl (C=O) groups is 1. The van der Waals surface area contributed by atoms with Crippen LogP contribution < -0.4 is 0 Å². The molecule has 0 bridgehead atoms. The van der Waals surface area contributed by atoms with Crippen molar-refractivity contribution < 1.29 is 9.90 Å². The summed E-state index contributed by atoms with van der Waals surface area (Å²) in [5.41, 5.74) is -0.923. The molecule has 0 aromatic carbocycles. The molecule has 6 nitrogen and oxygen atoms in total. The molecule has 2 aliphatic rings. The average Bonchev–Trinajstić information content (AvgIpc) is 3.13. The zero-order valence-corrected chi connectivity index (χ0v) is 14.2. The topological polar surface area (TPSA) is 61.6 Å². The van der Waals surface area contributed by atoms with Gasteiger partial charge in [-0.05, 0) is 52.3 Å². The Balaban J connectivity index is 1.62. The number of aliphatic hydroxyl groups is 1. The molecule has 1 aliphatic carbocycles. The second-order valence-electron chi connectivity index (χ2n) is 7.59. The molecule has 1 amide bonds. The smallest absolute Gasteiger partial charge is 0.230 e. The molecule has 0 unspecified atom stereocenters. The number of carbonyl (C=O) groups excluding carboxylic acids is 1. The molecule has 1 aliphatic heterocycles. The normalized spacial score (nSPS) is 27.0. The Bertz CT molecular complexity index is 539. The molecule has 0 radical (unpaired) electrons. The molecule has 1 saturated carbocycles. The average molecular weight is 320 g/mol. The van der Waals surface area contributed by atoms with Crippen LogP contribution in [0.4, 0.5) is 0 Å². The van der Waals surface area contributed by atoms with E-state index in [1.54, 1.807) is 6.20 Å². The highest BCUT2D eigenvalue weighted by atomic mass is 16.3. The van der Waals surface area contributed by atoms with Crippen LogP contribution in [-0.2, 0) is 11.3 Å². The maximum atomic E-state index is 13.0. The van der Waals surface area contributed by atoms with Gasteiger partial charge in [-0.1, -0.05) is 0 Å². The first kappa shape index (κ1) is 16.5. The fraction of sp³-hybridized carbons (Fsp3) is 0.765. The van der Waals surface area contributed by atoms with Crippen molar-refractivity contribution in [2.24, 2.45) is 5.41 Å². The van der Waals surface area contributed by atoms with E-state index in [0.29, 0.717) is 26.1 Å². The molecule has 1 aromatic heterocycles. The number of hydrogen-bond acceptors (Lipinski definition) is 4. The number of aromatic nitrogens is 2. The summed E-state index contributed by atoms with van der Waals surface area (Å²) < 4.78 is 1.87. The number of amides is 1. The van der Waals surface area contributed by atoms with E-state index in [1.807, 2.05) is 40.8 Å². The first-order chi connectivity index (χ1) is 10.9. The van der Waals surface area contributed by atoms with Crippen LogP contribution in [-0.4, -0.2) is 69.9 Å². The summed E-state index contributed by atoms with van der Waals surface area (Å²) in [6.45, 7) is 2.75. The van der Waals surface area contributed by atoms with Gasteiger partial charge in [-0.2, -0.15) is 5.10 Å². The van der Waals surface area contributed by atoms with Gasteiger partial charge >= 0.3 is 0 Å². The molecule has 1 N–H and O–H groups in total. The summed E-state index contributed by atoms with van der Waals surface area (Å²) in [4.78, 5) is 17.0. The largest absolute Gasteiger partial charge is 0.388 e. The van der Waals surface area contributed by atoms with Gasteiger partial charge < -0.3 is 14.9 Å². The first-order valence-corrected chi connectivity index (χ1v) is 8.57. The Morgan fingerprint density at radius 2 is 2.04 bits per heavy atom. The quantitative estimate of drug-likeness (QED) is 0.878. The van der Waals surface area contributed by atoms with Crippen LogP contribution in [0.2, 0.25) is 0 Å². The molecule has 0 spiro atoms. The van der Waals surface area contributed by atoms with Crippen molar-refractivity contribution in [3.63, 3.8) is 0 Å². The fourth-order valence-corrected chi connectivity index (χ4v) is 3.76. The molecular formula is C17H28N4O2. The Morgan fingerprint density at radius 1 is 1.26 bits per heavy atom. The highest BCUT2D eigenvalue weighted by Gasteiger charge is 2.52. The molecule has 128 valence electrons. The zero-order valence-electron chi connectivity index (χ0n) is 14.2. The second-order valence-corrected chi connectivity index (χ2v) is 7.59. The highest BCUT2D eigenvalue weighted by Crippen LogP contribution is 2.49. The van der Waals surface area contributed by atoms with E-state index in [0.717, 1.165) is 32.2 Å². The Hall–Kier alpha value is -1.40. The Morgan fingerprint density at radius 3 is 2.65 bits per heavy atom. The van der Waals surface area contributed by atoms with Gasteiger partial charge in [0.15, 0.2) is 0 Å². The monoisotopic (exact) mass is 320 g/mol. The zero-order chi connectivity index (χ0) is 16.5. The molecule has 2 heterocycles. The van der Waals surface area contributed by atoms with E-state index < -0.39 is 5.60 Å². The summed E-state index contributed by atoms with van der Waals surface area (Å²) in [5.74, 6) is 0.252. The lowest BCUT2D eigenvalue weighted by molar-refractivity contribution is -0.137. The summed E-state index contributed by atoms with van der Waals surface area (Å²) >= 11 is 0. The number of nitrogens with zero attached hydrogens (tertiary/aromatic N) is 4. The van der Waals surface area contributed by atoms with Crippen LogP contribution in [0.15, 0.2) is 18.5 Å². The number of hydrogen-bond donors (Lipinski definition) is 1. The third-order valence-corrected chi connectivity index (χ3v) is 5.15. The molecule has 1 aromatic rings. The predicted molar refractivity (Wildman–Crippen MR) is 87.8 cm³/mol. The second kappa shape index (κ2) is 6.24. The van der Waals surface area contributed by atoms with E-state index in [-0.39, 0.29) is 11.3 Å². The van der Waals surface area contributed by atoms with Crippen molar-refractivity contribution in [2.75, 3.05) is 33.7 Å². The lowest BCUT2D eigenvalue weighted by Crippen LogP contribution is -2.43. The van der Waals surface area contributed by atoms with Crippen LogP contribution in [0.3, 0.4) is 0 Å². The minimum atomic E-state index is -0.669. The molecule has 3 rings (SSSR count). The fourth-order valence-electron chi connectivity index (χ4n) is 3.76. The van der Waals surface area contributed by atoms with E-state index in [4.69, 9.17) is 0 Å². The van der Waals surface area contributed by atoms with E-state index in [2.05, 4.69) is 5.10 Å². The van der Waals surface area contributed by atoms with Gasteiger partial charge in [-0.3, -0.25) is 9.48 Å². The highest BCUT2D eigenvalue weighted by molar-refractivity contribution is 5.85. The van der Waals surface area contributed by atoms with Crippen LogP contribution in [0.5, 0.6) is 0 Å². The standard InChI is InChI=1S/C17H28N4O2/c1-19(2)14-17(23)5-3-10-20(12-8-17)15(22)16(6-7-16)13-21-11-4-9-18-21/h4,9,11,23H,3,5-8,10,12-14H2,1-2H3/t17-/m0/s1. The maximum Gasteiger partial charge on any atom is 0.230 e. The molecule has 6 heteroatoms. The minimum absolute atomic E-state index is 0.252. The van der Waals surface area contributed by atoms with Gasteiger partial charge in [0, 0.05) is 32.0 Å². The van der Waals surface area contributed by atoms with Crippen LogP contribution >= 0.6 is 0 Å². The molecule has 2 fully saturated rings. The van der Waals surface area contributed by atoms with Gasteiger partial charge in [0.2, 0.25) is 5.91 Å². The lowest BCUT2D eigenvalue weighted by atomic mass is 9.94. The molecule has 23 heavy (non-hydrogen) atoms. The maximum absolute atomic E-state index is 13.0. The summed E-state index contributed by atoms with van der Waals surface area (Å²) in [6.07, 6.45) is 7.87. The number of likely N-dealkylation sites (N-methyl/N-ethyl adjacent to an activating group) is 1. The van der Waals surface area contributed by atoms with Crippen molar-refractivity contribution in [2.45, 2.75) is 44.2 Å². The Kier molecular flexibility index (Phi) is 4.47. The number of rotatable bonds is 5. The van der Waals surface area contributed by atoms with Crippen molar-refractivity contribution in [1.29, 1.82) is 0 Å². The van der Waals surface area contributed by atoms with Gasteiger partial charge in [0.05, 0.1) is 17.6 Å². The van der Waals surface area contributed by atoms with E-state index in [9.17, 15) is 9.90 Å². The van der Waals surface area contributed by atoms with E-state index >= 15 is 0 Å². The van der Waals surface area contributed by atoms with Gasteiger partial charge in [0.1, 0.15) is 0 Å². The van der Waals surface area contributed by atoms with Crippen molar-refractivity contribution in [3.8, 4) is 0 Å².